The molecule has 4 heteroatoms. The molecular weight excluding hydrogens is 597 g/mol. The van der Waals surface area contributed by atoms with Crippen molar-refractivity contribution in [2.45, 2.75) is 0 Å². The Labute approximate surface area is 284 Å². The van der Waals surface area contributed by atoms with Crippen LogP contribution in [-0.4, -0.2) is 19.5 Å². The lowest BCUT2D eigenvalue weighted by Gasteiger charge is -2.20. The van der Waals surface area contributed by atoms with E-state index in [2.05, 4.69) is 168 Å². The summed E-state index contributed by atoms with van der Waals surface area (Å²) in [5.74, 6) is 1.80. The van der Waals surface area contributed by atoms with Gasteiger partial charge in [0.1, 0.15) is 0 Å². The van der Waals surface area contributed by atoms with Crippen LogP contribution in [0.25, 0.3) is 83.9 Å². The standard InChI is InChI=1S/C45H30N4/c1-5-17-31(18-6-1)35-29-30-36(32-19-7-2-8-20-32)42(41(35)33-21-9-3-10-22-33)44-46-43(34-23-11-4-12-24-34)47-45(48-44)49-39-27-15-13-25-37(39)38-26-14-16-28-40(38)49/h1-30H. The van der Waals surface area contributed by atoms with Crippen molar-refractivity contribution in [1.82, 2.24) is 19.5 Å². The monoisotopic (exact) mass is 626 g/mol. The lowest BCUT2D eigenvalue weighted by molar-refractivity contribution is 0.954. The van der Waals surface area contributed by atoms with E-state index in [1.165, 1.54) is 0 Å². The van der Waals surface area contributed by atoms with Crippen LogP contribution < -0.4 is 0 Å². The second kappa shape index (κ2) is 12.2. The first-order chi connectivity index (χ1) is 24.3. The van der Waals surface area contributed by atoms with E-state index in [0.717, 1.165) is 66.3 Å². The summed E-state index contributed by atoms with van der Waals surface area (Å²) in [6, 6.07) is 63.3. The van der Waals surface area contributed by atoms with Gasteiger partial charge in [0.2, 0.25) is 5.95 Å². The van der Waals surface area contributed by atoms with Gasteiger partial charge in [-0.25, -0.2) is 4.98 Å². The predicted octanol–water partition coefficient (Wildman–Crippen LogP) is 11.3. The van der Waals surface area contributed by atoms with Crippen molar-refractivity contribution in [3.05, 3.63) is 182 Å². The molecular formula is C45H30N4. The molecule has 9 aromatic rings. The molecule has 0 saturated carbocycles. The van der Waals surface area contributed by atoms with Gasteiger partial charge in [-0.2, -0.15) is 9.97 Å². The smallest absolute Gasteiger partial charge is 0.238 e. The molecule has 0 aliphatic rings. The Morgan fingerprint density at radius 1 is 0.306 bits per heavy atom. The Balaban J connectivity index is 1.43. The fourth-order valence-corrected chi connectivity index (χ4v) is 6.89. The molecule has 49 heavy (non-hydrogen) atoms. The average molecular weight is 627 g/mol. The van der Waals surface area contributed by atoms with Crippen molar-refractivity contribution in [2.24, 2.45) is 0 Å². The summed E-state index contributed by atoms with van der Waals surface area (Å²) in [7, 11) is 0. The Bertz CT molecular complexity index is 2520. The normalized spacial score (nSPS) is 11.3. The number of fused-ring (bicyclic) bond motifs is 3. The van der Waals surface area contributed by atoms with Crippen molar-refractivity contribution < 1.29 is 0 Å². The first kappa shape index (κ1) is 28.6. The molecule has 0 bridgehead atoms. The minimum atomic E-state index is 0.574. The molecule has 2 aromatic heterocycles. The van der Waals surface area contributed by atoms with E-state index in [1.54, 1.807) is 0 Å². The quantitative estimate of drug-likeness (QED) is 0.184. The maximum Gasteiger partial charge on any atom is 0.238 e. The van der Waals surface area contributed by atoms with Crippen molar-refractivity contribution >= 4 is 21.8 Å². The molecule has 7 aromatic carbocycles. The van der Waals surface area contributed by atoms with Crippen LogP contribution in [0.2, 0.25) is 0 Å². The SMILES string of the molecule is c1ccc(-c2nc(-c3c(-c4ccccc4)ccc(-c4ccccc4)c3-c3ccccc3)nc(-n3c4ccccc4c4ccccc43)n2)cc1. The number of hydrogen-bond donors (Lipinski definition) is 0. The highest BCUT2D eigenvalue weighted by Gasteiger charge is 2.24. The van der Waals surface area contributed by atoms with Crippen LogP contribution in [0.15, 0.2) is 182 Å². The van der Waals surface area contributed by atoms with Gasteiger partial charge in [-0.1, -0.05) is 170 Å². The lowest BCUT2D eigenvalue weighted by Crippen LogP contribution is -2.07. The number of para-hydroxylation sites is 2. The molecule has 0 amide bonds. The third-order valence-electron chi connectivity index (χ3n) is 9.10. The van der Waals surface area contributed by atoms with Gasteiger partial charge in [0.25, 0.3) is 0 Å². The average Bonchev–Trinajstić information content (AvgIpc) is 3.53. The van der Waals surface area contributed by atoms with Crippen LogP contribution in [0.3, 0.4) is 0 Å². The molecule has 0 unspecified atom stereocenters. The molecule has 0 atom stereocenters. The van der Waals surface area contributed by atoms with Crippen LogP contribution in [-0.2, 0) is 0 Å². The summed E-state index contributed by atoms with van der Waals surface area (Å²) < 4.78 is 2.17. The van der Waals surface area contributed by atoms with E-state index in [1.807, 2.05) is 18.2 Å². The van der Waals surface area contributed by atoms with Crippen LogP contribution in [0.5, 0.6) is 0 Å². The predicted molar refractivity (Wildman–Crippen MR) is 201 cm³/mol. The summed E-state index contributed by atoms with van der Waals surface area (Å²) in [5.41, 5.74) is 10.5. The molecule has 0 spiro atoms. The molecule has 0 aliphatic heterocycles. The Hall–Kier alpha value is -6.65. The molecule has 2 heterocycles. The van der Waals surface area contributed by atoms with Crippen molar-refractivity contribution in [3.63, 3.8) is 0 Å². The molecule has 0 saturated heterocycles. The topological polar surface area (TPSA) is 43.6 Å². The highest BCUT2D eigenvalue weighted by Crippen LogP contribution is 2.45. The van der Waals surface area contributed by atoms with Crippen molar-refractivity contribution in [2.75, 3.05) is 0 Å². The maximum absolute atomic E-state index is 5.42. The Morgan fingerprint density at radius 2 is 0.714 bits per heavy atom. The Morgan fingerprint density at radius 3 is 1.24 bits per heavy atom. The number of benzene rings is 7. The highest BCUT2D eigenvalue weighted by molar-refractivity contribution is 6.09. The van der Waals surface area contributed by atoms with Crippen molar-refractivity contribution in [1.29, 1.82) is 0 Å². The van der Waals surface area contributed by atoms with E-state index in [9.17, 15) is 0 Å². The highest BCUT2D eigenvalue weighted by atomic mass is 15.2. The van der Waals surface area contributed by atoms with Gasteiger partial charge in [-0.3, -0.25) is 4.57 Å². The molecule has 0 fully saturated rings. The molecule has 0 radical (unpaired) electrons. The molecule has 230 valence electrons. The van der Waals surface area contributed by atoms with E-state index in [4.69, 9.17) is 15.0 Å². The Kier molecular flexibility index (Phi) is 7.10. The third-order valence-corrected chi connectivity index (χ3v) is 9.10. The van der Waals surface area contributed by atoms with Gasteiger partial charge in [0, 0.05) is 27.5 Å². The van der Waals surface area contributed by atoms with Crippen LogP contribution in [0.4, 0.5) is 0 Å². The second-order valence-corrected chi connectivity index (χ2v) is 12.0. The van der Waals surface area contributed by atoms with E-state index in [0.29, 0.717) is 17.6 Å². The fraction of sp³-hybridized carbons (Fsp3) is 0. The fourth-order valence-electron chi connectivity index (χ4n) is 6.89. The van der Waals surface area contributed by atoms with Crippen LogP contribution >= 0.6 is 0 Å². The zero-order valence-corrected chi connectivity index (χ0v) is 26.6. The summed E-state index contributed by atoms with van der Waals surface area (Å²) in [5, 5.41) is 2.31. The second-order valence-electron chi connectivity index (χ2n) is 12.0. The van der Waals surface area contributed by atoms with Gasteiger partial charge in [0.15, 0.2) is 11.6 Å². The van der Waals surface area contributed by atoms with Gasteiger partial charge in [-0.15, -0.1) is 0 Å². The van der Waals surface area contributed by atoms with E-state index >= 15 is 0 Å². The van der Waals surface area contributed by atoms with Crippen LogP contribution in [0.1, 0.15) is 0 Å². The number of nitrogens with zero attached hydrogens (tertiary/aromatic N) is 4. The first-order valence-corrected chi connectivity index (χ1v) is 16.5. The van der Waals surface area contributed by atoms with E-state index < -0.39 is 0 Å². The summed E-state index contributed by atoms with van der Waals surface area (Å²) in [6.07, 6.45) is 0. The number of rotatable bonds is 6. The van der Waals surface area contributed by atoms with Gasteiger partial charge in [0.05, 0.1) is 11.0 Å². The molecule has 0 aliphatic carbocycles. The third kappa shape index (κ3) is 5.07. The van der Waals surface area contributed by atoms with Crippen molar-refractivity contribution in [3.8, 4) is 62.1 Å². The van der Waals surface area contributed by atoms with Gasteiger partial charge >= 0.3 is 0 Å². The number of hydrogen-bond acceptors (Lipinski definition) is 3. The zero-order chi connectivity index (χ0) is 32.6. The minimum absolute atomic E-state index is 0.574. The number of aromatic nitrogens is 4. The summed E-state index contributed by atoms with van der Waals surface area (Å²) in [4.78, 5) is 15.9. The summed E-state index contributed by atoms with van der Waals surface area (Å²) in [6.45, 7) is 0. The summed E-state index contributed by atoms with van der Waals surface area (Å²) >= 11 is 0. The van der Waals surface area contributed by atoms with Gasteiger partial charge in [-0.05, 0) is 39.9 Å². The zero-order valence-electron chi connectivity index (χ0n) is 26.6. The molecule has 0 N–H and O–H groups in total. The maximum atomic E-state index is 5.42. The van der Waals surface area contributed by atoms with Crippen LogP contribution in [0, 0.1) is 0 Å². The lowest BCUT2D eigenvalue weighted by atomic mass is 9.85. The first-order valence-electron chi connectivity index (χ1n) is 16.5. The minimum Gasteiger partial charge on any atom is -0.278 e. The molecule has 9 rings (SSSR count). The van der Waals surface area contributed by atoms with Gasteiger partial charge < -0.3 is 0 Å². The van der Waals surface area contributed by atoms with E-state index in [-0.39, 0.29) is 0 Å². The largest absolute Gasteiger partial charge is 0.278 e. The molecule has 4 nitrogen and oxygen atoms in total.